The van der Waals surface area contributed by atoms with Crippen molar-refractivity contribution in [2.75, 3.05) is 19.3 Å². The zero-order valence-corrected chi connectivity index (χ0v) is 12.0. The van der Waals surface area contributed by atoms with E-state index in [-0.39, 0.29) is 11.5 Å². The van der Waals surface area contributed by atoms with E-state index < -0.39 is 10.0 Å². The first-order chi connectivity index (χ1) is 7.64. The summed E-state index contributed by atoms with van der Waals surface area (Å²) in [6, 6.07) is -0.0454. The summed E-state index contributed by atoms with van der Waals surface area (Å²) in [7, 11) is -3.15. The molecule has 0 bridgehead atoms. The van der Waals surface area contributed by atoms with E-state index in [0.29, 0.717) is 19.0 Å². The van der Waals surface area contributed by atoms with Gasteiger partial charge in [0.1, 0.15) is 0 Å². The minimum Gasteiger partial charge on any atom is -0.271 e. The lowest BCUT2D eigenvalue weighted by Gasteiger charge is -2.34. The van der Waals surface area contributed by atoms with Gasteiger partial charge in [0.2, 0.25) is 10.0 Å². The van der Waals surface area contributed by atoms with E-state index in [1.807, 2.05) is 0 Å². The maximum Gasteiger partial charge on any atom is 0.211 e. The second-order valence-corrected chi connectivity index (χ2v) is 8.09. The summed E-state index contributed by atoms with van der Waals surface area (Å²) in [6.45, 7) is 7.22. The molecule has 0 aromatic rings. The van der Waals surface area contributed by atoms with Crippen LogP contribution in [0.3, 0.4) is 0 Å². The van der Waals surface area contributed by atoms with Crippen LogP contribution in [0.4, 0.5) is 0 Å². The highest BCUT2D eigenvalue weighted by molar-refractivity contribution is 7.88. The molecule has 0 radical (unpaired) electrons. The van der Waals surface area contributed by atoms with Crippen LogP contribution < -0.4 is 11.3 Å². The average Bonchev–Trinajstić information content (AvgIpc) is 2.91. The van der Waals surface area contributed by atoms with E-state index in [1.165, 1.54) is 6.26 Å². The number of hydrogen-bond acceptors (Lipinski definition) is 4. The zero-order valence-electron chi connectivity index (χ0n) is 11.2. The Balaban J connectivity index is 2.70. The van der Waals surface area contributed by atoms with Crippen LogP contribution in [0.2, 0.25) is 0 Å². The molecule has 0 amide bonds. The van der Waals surface area contributed by atoms with Crippen LogP contribution in [-0.4, -0.2) is 38.1 Å². The minimum absolute atomic E-state index is 0.0454. The van der Waals surface area contributed by atoms with Gasteiger partial charge in [0.05, 0.1) is 6.26 Å². The highest BCUT2D eigenvalue weighted by atomic mass is 32.2. The van der Waals surface area contributed by atoms with Crippen molar-refractivity contribution in [1.29, 1.82) is 0 Å². The molecule has 3 N–H and O–H groups in total. The summed E-state index contributed by atoms with van der Waals surface area (Å²) in [4.78, 5) is 0. The number of hydrogen-bond donors (Lipinski definition) is 2. The molecule has 0 unspecified atom stereocenters. The van der Waals surface area contributed by atoms with Crippen molar-refractivity contribution >= 4 is 10.0 Å². The fourth-order valence-electron chi connectivity index (χ4n) is 1.71. The molecule has 1 fully saturated rings. The van der Waals surface area contributed by atoms with Crippen LogP contribution in [0, 0.1) is 11.3 Å². The summed E-state index contributed by atoms with van der Waals surface area (Å²) in [6.07, 6.45) is 3.55. The van der Waals surface area contributed by atoms with E-state index in [1.54, 1.807) is 4.31 Å². The number of hydrazine groups is 1. The SMILES string of the molecule is CC(C)(C)[C@@H](CN(CC1CC1)S(C)(=O)=O)NN. The molecule has 1 aliphatic carbocycles. The van der Waals surface area contributed by atoms with Gasteiger partial charge in [-0.25, -0.2) is 12.7 Å². The van der Waals surface area contributed by atoms with Gasteiger partial charge >= 0.3 is 0 Å². The minimum atomic E-state index is -3.15. The Morgan fingerprint density at radius 1 is 1.41 bits per heavy atom. The Morgan fingerprint density at radius 2 is 1.94 bits per heavy atom. The van der Waals surface area contributed by atoms with Crippen molar-refractivity contribution in [2.45, 2.75) is 39.7 Å². The van der Waals surface area contributed by atoms with Crippen molar-refractivity contribution in [3.8, 4) is 0 Å². The number of nitrogens with zero attached hydrogens (tertiary/aromatic N) is 1. The first kappa shape index (κ1) is 14.9. The maximum atomic E-state index is 11.7. The second-order valence-electron chi connectivity index (χ2n) is 6.11. The van der Waals surface area contributed by atoms with E-state index in [9.17, 15) is 8.42 Å². The largest absolute Gasteiger partial charge is 0.271 e. The molecule has 0 aliphatic heterocycles. The van der Waals surface area contributed by atoms with E-state index in [2.05, 4.69) is 26.2 Å². The monoisotopic (exact) mass is 263 g/mol. The second kappa shape index (κ2) is 5.22. The lowest BCUT2D eigenvalue weighted by Crippen LogP contribution is -2.52. The third kappa shape index (κ3) is 4.91. The predicted octanol–water partition coefficient (Wildman–Crippen LogP) is 0.536. The van der Waals surface area contributed by atoms with Gasteiger partial charge in [-0.3, -0.25) is 11.3 Å². The van der Waals surface area contributed by atoms with Gasteiger partial charge in [0.25, 0.3) is 0 Å². The predicted molar refractivity (Wildman–Crippen MR) is 69.7 cm³/mol. The van der Waals surface area contributed by atoms with Gasteiger partial charge in [-0.15, -0.1) is 0 Å². The molecule has 1 aliphatic rings. The molecule has 5 nitrogen and oxygen atoms in total. The number of rotatable bonds is 6. The Hall–Kier alpha value is -0.170. The highest BCUT2D eigenvalue weighted by Gasteiger charge is 2.33. The average molecular weight is 263 g/mol. The van der Waals surface area contributed by atoms with E-state index >= 15 is 0 Å². The number of sulfonamides is 1. The van der Waals surface area contributed by atoms with Crippen molar-refractivity contribution in [3.63, 3.8) is 0 Å². The van der Waals surface area contributed by atoms with Crippen LogP contribution in [0.5, 0.6) is 0 Å². The Kier molecular flexibility index (Phi) is 4.57. The lowest BCUT2D eigenvalue weighted by molar-refractivity contribution is 0.223. The third-order valence-electron chi connectivity index (χ3n) is 3.26. The quantitative estimate of drug-likeness (QED) is 0.541. The molecule has 0 spiro atoms. The molecule has 102 valence electrons. The summed E-state index contributed by atoms with van der Waals surface area (Å²) < 4.78 is 25.0. The van der Waals surface area contributed by atoms with Gasteiger partial charge in [0.15, 0.2) is 0 Å². The van der Waals surface area contributed by atoms with Crippen molar-refractivity contribution in [1.82, 2.24) is 9.73 Å². The van der Waals surface area contributed by atoms with Gasteiger partial charge in [-0.1, -0.05) is 20.8 Å². The maximum absolute atomic E-state index is 11.7. The highest BCUT2D eigenvalue weighted by Crippen LogP contribution is 2.31. The van der Waals surface area contributed by atoms with Crippen LogP contribution in [0.1, 0.15) is 33.6 Å². The standard InChI is InChI=1S/C11H25N3O2S/c1-11(2,3)10(13-12)8-14(17(4,15)16)7-9-5-6-9/h9-10,13H,5-8,12H2,1-4H3/t10-/m1/s1. The third-order valence-corrected chi connectivity index (χ3v) is 4.50. The molecule has 6 heteroatoms. The number of nitrogens with two attached hydrogens (primary N) is 1. The smallest absolute Gasteiger partial charge is 0.211 e. The first-order valence-electron chi connectivity index (χ1n) is 6.06. The van der Waals surface area contributed by atoms with Gasteiger partial charge in [-0.05, 0) is 24.2 Å². The molecule has 17 heavy (non-hydrogen) atoms. The number of nitrogens with one attached hydrogen (secondary N) is 1. The normalized spacial score (nSPS) is 19.6. The fraction of sp³-hybridized carbons (Fsp3) is 1.00. The first-order valence-corrected chi connectivity index (χ1v) is 7.90. The molecule has 1 rings (SSSR count). The molecule has 0 saturated heterocycles. The van der Waals surface area contributed by atoms with E-state index in [4.69, 9.17) is 5.84 Å². The molecule has 1 saturated carbocycles. The molecule has 1 atom stereocenters. The lowest BCUT2D eigenvalue weighted by atomic mass is 9.87. The zero-order chi connectivity index (χ0) is 13.3. The van der Waals surface area contributed by atoms with Crippen LogP contribution in [-0.2, 0) is 10.0 Å². The summed E-state index contributed by atoms with van der Waals surface area (Å²) in [5, 5.41) is 0. The Morgan fingerprint density at radius 3 is 2.24 bits per heavy atom. The topological polar surface area (TPSA) is 75.4 Å². The van der Waals surface area contributed by atoms with Crippen LogP contribution >= 0.6 is 0 Å². The summed E-state index contributed by atoms with van der Waals surface area (Å²) in [5.41, 5.74) is 2.66. The Bertz CT molecular complexity index is 344. The van der Waals surface area contributed by atoms with E-state index in [0.717, 1.165) is 12.8 Å². The molecule has 0 aromatic heterocycles. The summed E-state index contributed by atoms with van der Waals surface area (Å²) in [5.74, 6) is 6.07. The van der Waals surface area contributed by atoms with Gasteiger partial charge in [0, 0.05) is 19.1 Å². The Labute approximate surface area is 105 Å². The molecular weight excluding hydrogens is 238 g/mol. The summed E-state index contributed by atoms with van der Waals surface area (Å²) >= 11 is 0. The van der Waals surface area contributed by atoms with Gasteiger partial charge in [-0.2, -0.15) is 0 Å². The van der Waals surface area contributed by atoms with Crippen molar-refractivity contribution < 1.29 is 8.42 Å². The molecule has 0 heterocycles. The van der Waals surface area contributed by atoms with Crippen LogP contribution in [0.15, 0.2) is 0 Å². The van der Waals surface area contributed by atoms with Crippen molar-refractivity contribution in [3.05, 3.63) is 0 Å². The van der Waals surface area contributed by atoms with Gasteiger partial charge < -0.3 is 0 Å². The molecule has 0 aromatic carbocycles. The fourth-order valence-corrected chi connectivity index (χ4v) is 2.62. The molecular formula is C11H25N3O2S. The van der Waals surface area contributed by atoms with Crippen molar-refractivity contribution in [2.24, 2.45) is 17.2 Å². The van der Waals surface area contributed by atoms with Crippen LogP contribution in [0.25, 0.3) is 0 Å².